The van der Waals surface area contributed by atoms with Crippen molar-refractivity contribution in [2.24, 2.45) is 0 Å². The molecular formula is C17H24N4. The molecule has 1 aromatic carbocycles. The van der Waals surface area contributed by atoms with Crippen LogP contribution in [0.15, 0.2) is 30.6 Å². The summed E-state index contributed by atoms with van der Waals surface area (Å²) < 4.78 is 0. The van der Waals surface area contributed by atoms with E-state index >= 15 is 0 Å². The molecule has 2 atom stereocenters. The number of H-pyrrole nitrogens is 1. The third-order valence-electron chi connectivity index (χ3n) is 4.42. The molecule has 21 heavy (non-hydrogen) atoms. The SMILES string of the molecule is CCCNC(CC1CCCc2ccccc21)c1ncn[nH]1. The summed E-state index contributed by atoms with van der Waals surface area (Å²) in [6, 6.07) is 9.18. The Morgan fingerprint density at radius 1 is 1.38 bits per heavy atom. The van der Waals surface area contributed by atoms with Crippen LogP contribution in [-0.2, 0) is 6.42 Å². The van der Waals surface area contributed by atoms with Crippen molar-refractivity contribution >= 4 is 0 Å². The van der Waals surface area contributed by atoms with Crippen molar-refractivity contribution in [3.05, 3.63) is 47.5 Å². The summed E-state index contributed by atoms with van der Waals surface area (Å²) in [7, 11) is 0. The van der Waals surface area contributed by atoms with Gasteiger partial charge < -0.3 is 5.32 Å². The number of hydrogen-bond acceptors (Lipinski definition) is 3. The smallest absolute Gasteiger partial charge is 0.141 e. The number of nitrogens with zero attached hydrogens (tertiary/aromatic N) is 2. The van der Waals surface area contributed by atoms with E-state index in [-0.39, 0.29) is 6.04 Å². The van der Waals surface area contributed by atoms with E-state index in [0.717, 1.165) is 25.2 Å². The van der Waals surface area contributed by atoms with Crippen molar-refractivity contribution in [2.75, 3.05) is 6.54 Å². The predicted molar refractivity (Wildman–Crippen MR) is 84.2 cm³/mol. The fraction of sp³-hybridized carbons (Fsp3) is 0.529. The molecule has 4 heteroatoms. The Bertz CT molecular complexity index is 550. The molecule has 3 rings (SSSR count). The van der Waals surface area contributed by atoms with Crippen LogP contribution in [0.4, 0.5) is 0 Å². The zero-order chi connectivity index (χ0) is 14.5. The molecule has 2 N–H and O–H groups in total. The number of benzene rings is 1. The average Bonchev–Trinajstić information content (AvgIpc) is 3.06. The Morgan fingerprint density at radius 2 is 2.29 bits per heavy atom. The number of aryl methyl sites for hydroxylation is 1. The highest BCUT2D eigenvalue weighted by atomic mass is 15.2. The number of fused-ring (bicyclic) bond motifs is 1. The van der Waals surface area contributed by atoms with Gasteiger partial charge >= 0.3 is 0 Å². The van der Waals surface area contributed by atoms with Gasteiger partial charge in [0.05, 0.1) is 6.04 Å². The van der Waals surface area contributed by atoms with Gasteiger partial charge in [-0.25, -0.2) is 4.98 Å². The minimum absolute atomic E-state index is 0.267. The largest absolute Gasteiger partial charge is 0.307 e. The first-order valence-corrected chi connectivity index (χ1v) is 8.05. The van der Waals surface area contributed by atoms with Gasteiger partial charge in [-0.2, -0.15) is 5.10 Å². The Kier molecular flexibility index (Phi) is 4.65. The van der Waals surface area contributed by atoms with E-state index < -0.39 is 0 Å². The number of hydrogen-bond donors (Lipinski definition) is 2. The number of aromatic amines is 1. The lowest BCUT2D eigenvalue weighted by atomic mass is 9.79. The van der Waals surface area contributed by atoms with E-state index in [0.29, 0.717) is 5.92 Å². The zero-order valence-electron chi connectivity index (χ0n) is 12.7. The molecule has 0 aliphatic heterocycles. The van der Waals surface area contributed by atoms with Gasteiger partial charge in [0, 0.05) is 0 Å². The molecule has 2 unspecified atom stereocenters. The van der Waals surface area contributed by atoms with E-state index in [9.17, 15) is 0 Å². The van der Waals surface area contributed by atoms with Gasteiger partial charge in [0.25, 0.3) is 0 Å². The topological polar surface area (TPSA) is 53.6 Å². The molecule has 0 spiro atoms. The summed E-state index contributed by atoms with van der Waals surface area (Å²) >= 11 is 0. The van der Waals surface area contributed by atoms with E-state index in [1.807, 2.05) is 0 Å². The minimum Gasteiger partial charge on any atom is -0.307 e. The van der Waals surface area contributed by atoms with Crippen molar-refractivity contribution < 1.29 is 0 Å². The Hall–Kier alpha value is -1.68. The number of aromatic nitrogens is 3. The fourth-order valence-corrected chi connectivity index (χ4v) is 3.38. The summed E-state index contributed by atoms with van der Waals surface area (Å²) in [6.07, 6.45) is 7.61. The second kappa shape index (κ2) is 6.85. The molecule has 0 fully saturated rings. The Balaban J connectivity index is 1.77. The lowest BCUT2D eigenvalue weighted by Gasteiger charge is -2.28. The lowest BCUT2D eigenvalue weighted by Crippen LogP contribution is -2.26. The summed E-state index contributed by atoms with van der Waals surface area (Å²) in [5, 5.41) is 10.7. The van der Waals surface area contributed by atoms with E-state index in [4.69, 9.17) is 0 Å². The van der Waals surface area contributed by atoms with Crippen LogP contribution in [-0.4, -0.2) is 21.7 Å². The summed E-state index contributed by atoms with van der Waals surface area (Å²) in [5.41, 5.74) is 3.06. The Labute approximate surface area is 126 Å². The molecule has 1 aromatic heterocycles. The zero-order valence-corrected chi connectivity index (χ0v) is 12.7. The third kappa shape index (κ3) is 3.32. The molecule has 4 nitrogen and oxygen atoms in total. The quantitative estimate of drug-likeness (QED) is 0.855. The molecule has 0 amide bonds. The summed E-state index contributed by atoms with van der Waals surface area (Å²) in [5.74, 6) is 1.58. The molecule has 1 heterocycles. The third-order valence-corrected chi connectivity index (χ3v) is 4.42. The van der Waals surface area contributed by atoms with Crippen LogP contribution in [0.1, 0.15) is 61.5 Å². The highest BCUT2D eigenvalue weighted by Gasteiger charge is 2.25. The fourth-order valence-electron chi connectivity index (χ4n) is 3.38. The predicted octanol–water partition coefficient (Wildman–Crippen LogP) is 3.36. The van der Waals surface area contributed by atoms with Gasteiger partial charge in [-0.15, -0.1) is 0 Å². The maximum Gasteiger partial charge on any atom is 0.141 e. The van der Waals surface area contributed by atoms with E-state index in [2.05, 4.69) is 51.7 Å². The van der Waals surface area contributed by atoms with Crippen molar-refractivity contribution in [3.63, 3.8) is 0 Å². The average molecular weight is 284 g/mol. The maximum atomic E-state index is 4.36. The van der Waals surface area contributed by atoms with Crippen molar-refractivity contribution in [1.82, 2.24) is 20.5 Å². The van der Waals surface area contributed by atoms with Gasteiger partial charge in [-0.05, 0) is 55.7 Å². The second-order valence-electron chi connectivity index (χ2n) is 5.90. The van der Waals surface area contributed by atoms with Crippen LogP contribution < -0.4 is 5.32 Å². The van der Waals surface area contributed by atoms with Crippen LogP contribution >= 0.6 is 0 Å². The molecule has 1 aliphatic rings. The highest BCUT2D eigenvalue weighted by Crippen LogP contribution is 2.37. The lowest BCUT2D eigenvalue weighted by molar-refractivity contribution is 0.407. The van der Waals surface area contributed by atoms with Crippen molar-refractivity contribution in [1.29, 1.82) is 0 Å². The first kappa shape index (κ1) is 14.3. The van der Waals surface area contributed by atoms with Gasteiger partial charge in [0.15, 0.2) is 0 Å². The standard InChI is InChI=1S/C17H24N4/c1-2-10-18-16(17-19-12-20-21-17)11-14-8-5-7-13-6-3-4-9-15(13)14/h3-4,6,9,12,14,16,18H,2,5,7-8,10-11H2,1H3,(H,19,20,21). The van der Waals surface area contributed by atoms with Crippen LogP contribution in [0.5, 0.6) is 0 Å². The first-order chi connectivity index (χ1) is 10.4. The molecular weight excluding hydrogens is 260 g/mol. The second-order valence-corrected chi connectivity index (χ2v) is 5.90. The number of nitrogens with one attached hydrogen (secondary N) is 2. The van der Waals surface area contributed by atoms with Crippen LogP contribution in [0.3, 0.4) is 0 Å². The van der Waals surface area contributed by atoms with Gasteiger partial charge in [-0.1, -0.05) is 31.2 Å². The molecule has 112 valence electrons. The summed E-state index contributed by atoms with van der Waals surface area (Å²) in [6.45, 7) is 3.21. The van der Waals surface area contributed by atoms with Gasteiger partial charge in [-0.3, -0.25) is 5.10 Å². The van der Waals surface area contributed by atoms with E-state index in [1.54, 1.807) is 6.33 Å². The van der Waals surface area contributed by atoms with Gasteiger partial charge in [0.1, 0.15) is 12.2 Å². The van der Waals surface area contributed by atoms with E-state index in [1.165, 1.54) is 30.4 Å². The minimum atomic E-state index is 0.267. The first-order valence-electron chi connectivity index (χ1n) is 8.05. The Morgan fingerprint density at radius 3 is 3.10 bits per heavy atom. The van der Waals surface area contributed by atoms with Crippen LogP contribution in [0, 0.1) is 0 Å². The van der Waals surface area contributed by atoms with Gasteiger partial charge in [0.2, 0.25) is 0 Å². The molecule has 2 aromatic rings. The summed E-state index contributed by atoms with van der Waals surface area (Å²) in [4.78, 5) is 4.36. The number of rotatable bonds is 6. The monoisotopic (exact) mass is 284 g/mol. The van der Waals surface area contributed by atoms with Crippen LogP contribution in [0.25, 0.3) is 0 Å². The maximum absolute atomic E-state index is 4.36. The normalized spacial score (nSPS) is 19.2. The molecule has 0 saturated carbocycles. The molecule has 0 bridgehead atoms. The van der Waals surface area contributed by atoms with Crippen LogP contribution in [0.2, 0.25) is 0 Å². The molecule has 1 aliphatic carbocycles. The molecule has 0 saturated heterocycles. The van der Waals surface area contributed by atoms with Crippen molar-refractivity contribution in [2.45, 2.75) is 51.0 Å². The highest BCUT2D eigenvalue weighted by molar-refractivity contribution is 5.32. The van der Waals surface area contributed by atoms with Crippen molar-refractivity contribution in [3.8, 4) is 0 Å². The molecule has 0 radical (unpaired) electrons.